The molecule has 0 aliphatic heterocycles. The van der Waals surface area contributed by atoms with Crippen LogP contribution in [0, 0.1) is 0 Å². The van der Waals surface area contributed by atoms with Crippen molar-refractivity contribution >= 4 is 10.8 Å². The van der Waals surface area contributed by atoms with E-state index in [1.807, 2.05) is 24.4 Å². The minimum Gasteiger partial charge on any atom is -0.329 e. The van der Waals surface area contributed by atoms with E-state index in [9.17, 15) is 0 Å². The van der Waals surface area contributed by atoms with Crippen LogP contribution in [-0.2, 0) is 0 Å². The predicted molar refractivity (Wildman–Crippen MR) is 79.1 cm³/mol. The lowest BCUT2D eigenvalue weighted by Crippen LogP contribution is -2.15. The maximum Gasteiger partial charge on any atom is 0.0491 e. The molecule has 0 saturated carbocycles. The number of hydrogen-bond acceptors (Lipinski definition) is 2. The normalized spacial score (nSPS) is 12.5. The Balaban J connectivity index is 2.17. The van der Waals surface area contributed by atoms with Crippen molar-refractivity contribution in [2.75, 3.05) is 6.54 Å². The average Bonchev–Trinajstić information content (AvgIpc) is 2.49. The smallest absolute Gasteiger partial charge is 0.0491 e. The van der Waals surface area contributed by atoms with Gasteiger partial charge in [-0.25, -0.2) is 0 Å². The predicted octanol–water partition coefficient (Wildman–Crippen LogP) is 3.33. The fraction of sp³-hybridized carbons (Fsp3) is 0.118. The first-order valence-electron chi connectivity index (χ1n) is 6.49. The topological polar surface area (TPSA) is 38.9 Å². The van der Waals surface area contributed by atoms with Crippen LogP contribution in [0.25, 0.3) is 10.8 Å². The van der Waals surface area contributed by atoms with Crippen LogP contribution in [0.2, 0.25) is 0 Å². The van der Waals surface area contributed by atoms with Gasteiger partial charge >= 0.3 is 0 Å². The maximum atomic E-state index is 5.99. The van der Waals surface area contributed by atoms with Crippen LogP contribution >= 0.6 is 0 Å². The Labute approximate surface area is 112 Å². The number of nitrogens with zero attached hydrogens (tertiary/aromatic N) is 1. The van der Waals surface area contributed by atoms with Crippen molar-refractivity contribution in [1.82, 2.24) is 4.98 Å². The van der Waals surface area contributed by atoms with Crippen molar-refractivity contribution in [3.63, 3.8) is 0 Å². The SMILES string of the molecule is NC[C@H](c1ccccn1)c1cccc2ccccc12. The van der Waals surface area contributed by atoms with Gasteiger partial charge in [0.25, 0.3) is 0 Å². The van der Waals surface area contributed by atoms with Gasteiger partial charge in [0, 0.05) is 24.4 Å². The Morgan fingerprint density at radius 2 is 1.68 bits per heavy atom. The van der Waals surface area contributed by atoms with E-state index in [4.69, 9.17) is 5.73 Å². The standard InChI is InChI=1S/C17H16N2/c18-12-16(17-10-3-4-11-19-17)15-9-5-7-13-6-1-2-8-14(13)15/h1-11,16H,12,18H2/t16-/m0/s1. The van der Waals surface area contributed by atoms with Gasteiger partial charge in [-0.3, -0.25) is 4.98 Å². The highest BCUT2D eigenvalue weighted by molar-refractivity contribution is 5.86. The van der Waals surface area contributed by atoms with Gasteiger partial charge in [0.05, 0.1) is 0 Å². The monoisotopic (exact) mass is 248 g/mol. The molecule has 3 aromatic rings. The number of rotatable bonds is 3. The first-order chi connectivity index (χ1) is 9.40. The van der Waals surface area contributed by atoms with Crippen molar-refractivity contribution in [3.8, 4) is 0 Å². The highest BCUT2D eigenvalue weighted by Gasteiger charge is 2.15. The molecule has 2 N–H and O–H groups in total. The fourth-order valence-electron chi connectivity index (χ4n) is 2.54. The molecule has 0 aliphatic rings. The van der Waals surface area contributed by atoms with E-state index in [1.54, 1.807) is 0 Å². The van der Waals surface area contributed by atoms with Crippen LogP contribution in [0.3, 0.4) is 0 Å². The summed E-state index contributed by atoms with van der Waals surface area (Å²) >= 11 is 0. The summed E-state index contributed by atoms with van der Waals surface area (Å²) in [7, 11) is 0. The third kappa shape index (κ3) is 2.23. The van der Waals surface area contributed by atoms with E-state index in [0.29, 0.717) is 6.54 Å². The molecule has 0 saturated heterocycles. The minimum atomic E-state index is 0.146. The minimum absolute atomic E-state index is 0.146. The summed E-state index contributed by atoms with van der Waals surface area (Å²) in [6, 6.07) is 20.8. The molecule has 1 aromatic heterocycles. The second kappa shape index (κ2) is 5.21. The van der Waals surface area contributed by atoms with Gasteiger partial charge < -0.3 is 5.73 Å². The third-order valence-electron chi connectivity index (χ3n) is 3.48. The molecule has 1 atom stereocenters. The van der Waals surface area contributed by atoms with Crippen LogP contribution in [0.5, 0.6) is 0 Å². The molecular formula is C17H16N2. The molecule has 0 spiro atoms. The van der Waals surface area contributed by atoms with Crippen LogP contribution in [0.4, 0.5) is 0 Å². The van der Waals surface area contributed by atoms with Gasteiger partial charge in [-0.2, -0.15) is 0 Å². The van der Waals surface area contributed by atoms with Crippen LogP contribution in [0.15, 0.2) is 66.9 Å². The molecule has 3 rings (SSSR count). The number of pyridine rings is 1. The van der Waals surface area contributed by atoms with E-state index >= 15 is 0 Å². The molecule has 0 bridgehead atoms. The zero-order valence-electron chi connectivity index (χ0n) is 10.7. The average molecular weight is 248 g/mol. The first kappa shape index (κ1) is 11.9. The third-order valence-corrected chi connectivity index (χ3v) is 3.48. The van der Waals surface area contributed by atoms with E-state index in [1.165, 1.54) is 16.3 Å². The van der Waals surface area contributed by atoms with Gasteiger partial charge in [-0.15, -0.1) is 0 Å². The maximum absolute atomic E-state index is 5.99. The second-order valence-corrected chi connectivity index (χ2v) is 4.61. The molecule has 2 heteroatoms. The van der Waals surface area contributed by atoms with E-state index in [0.717, 1.165) is 5.69 Å². The van der Waals surface area contributed by atoms with Gasteiger partial charge in [0.1, 0.15) is 0 Å². The molecule has 94 valence electrons. The molecule has 0 amide bonds. The molecule has 2 aromatic carbocycles. The molecule has 0 radical (unpaired) electrons. The summed E-state index contributed by atoms with van der Waals surface area (Å²) in [5.74, 6) is 0.146. The summed E-state index contributed by atoms with van der Waals surface area (Å²) in [6.45, 7) is 0.561. The second-order valence-electron chi connectivity index (χ2n) is 4.61. The zero-order valence-corrected chi connectivity index (χ0v) is 10.7. The number of aromatic nitrogens is 1. The molecule has 1 heterocycles. The number of hydrogen-bond donors (Lipinski definition) is 1. The molecule has 0 fully saturated rings. The van der Waals surface area contributed by atoms with E-state index in [2.05, 4.69) is 47.4 Å². The molecular weight excluding hydrogens is 232 g/mol. The lowest BCUT2D eigenvalue weighted by molar-refractivity contribution is 0.793. The van der Waals surface area contributed by atoms with Gasteiger partial charge in [0.15, 0.2) is 0 Å². The zero-order chi connectivity index (χ0) is 13.1. The Morgan fingerprint density at radius 3 is 2.47 bits per heavy atom. The Kier molecular flexibility index (Phi) is 3.25. The Hall–Kier alpha value is -2.19. The number of fused-ring (bicyclic) bond motifs is 1. The molecule has 0 unspecified atom stereocenters. The lowest BCUT2D eigenvalue weighted by Gasteiger charge is -2.17. The van der Waals surface area contributed by atoms with Crippen LogP contribution < -0.4 is 5.73 Å². The highest BCUT2D eigenvalue weighted by atomic mass is 14.7. The number of nitrogens with two attached hydrogens (primary N) is 1. The van der Waals surface area contributed by atoms with Gasteiger partial charge in [-0.1, -0.05) is 48.5 Å². The van der Waals surface area contributed by atoms with Crippen molar-refractivity contribution in [2.24, 2.45) is 5.73 Å². The quantitative estimate of drug-likeness (QED) is 0.772. The summed E-state index contributed by atoms with van der Waals surface area (Å²) in [4.78, 5) is 4.45. The molecule has 0 aliphatic carbocycles. The summed E-state index contributed by atoms with van der Waals surface area (Å²) in [5, 5.41) is 2.50. The largest absolute Gasteiger partial charge is 0.329 e. The molecule has 19 heavy (non-hydrogen) atoms. The molecule has 2 nitrogen and oxygen atoms in total. The van der Waals surface area contributed by atoms with E-state index < -0.39 is 0 Å². The van der Waals surface area contributed by atoms with Crippen molar-refractivity contribution in [1.29, 1.82) is 0 Å². The summed E-state index contributed by atoms with van der Waals surface area (Å²) < 4.78 is 0. The lowest BCUT2D eigenvalue weighted by atomic mass is 9.91. The van der Waals surface area contributed by atoms with Crippen molar-refractivity contribution in [3.05, 3.63) is 78.1 Å². The van der Waals surface area contributed by atoms with Crippen LogP contribution in [-0.4, -0.2) is 11.5 Å². The van der Waals surface area contributed by atoms with Gasteiger partial charge in [-0.05, 0) is 28.5 Å². The summed E-state index contributed by atoms with van der Waals surface area (Å²) in [5.41, 5.74) is 8.27. The van der Waals surface area contributed by atoms with Gasteiger partial charge in [0.2, 0.25) is 0 Å². The highest BCUT2D eigenvalue weighted by Crippen LogP contribution is 2.28. The Bertz CT molecular complexity index is 672. The fourth-order valence-corrected chi connectivity index (χ4v) is 2.54. The first-order valence-corrected chi connectivity index (χ1v) is 6.49. The van der Waals surface area contributed by atoms with Crippen molar-refractivity contribution < 1.29 is 0 Å². The van der Waals surface area contributed by atoms with Crippen molar-refractivity contribution in [2.45, 2.75) is 5.92 Å². The summed E-state index contributed by atoms with van der Waals surface area (Å²) in [6.07, 6.45) is 1.82. The Morgan fingerprint density at radius 1 is 0.895 bits per heavy atom. The number of benzene rings is 2. The van der Waals surface area contributed by atoms with E-state index in [-0.39, 0.29) is 5.92 Å². The van der Waals surface area contributed by atoms with Crippen LogP contribution in [0.1, 0.15) is 17.2 Å².